The second-order valence-corrected chi connectivity index (χ2v) is 2.72. The molecule has 0 saturated carbocycles. The Morgan fingerprint density at radius 2 is 2.07 bits per heavy atom. The fraction of sp³-hybridized carbons (Fsp3) is 0.500. The van der Waals surface area contributed by atoms with E-state index in [-0.39, 0.29) is 18.8 Å². The molecular weight excluding hydrogens is 196 g/mol. The zero-order chi connectivity index (χ0) is 11.5. The van der Waals surface area contributed by atoms with E-state index in [1.54, 1.807) is 12.1 Å². The summed E-state index contributed by atoms with van der Waals surface area (Å²) in [5.74, 6) is -0.775. The summed E-state index contributed by atoms with van der Waals surface area (Å²) in [5, 5.41) is 25.2. The third-order valence-corrected chi connectivity index (χ3v) is 1.58. The van der Waals surface area contributed by atoms with Gasteiger partial charge >= 0.3 is 5.97 Å². The number of nitriles is 2. The number of ether oxygens (including phenoxy) is 1. The monoisotopic (exact) mass is 208 g/mol. The molecule has 0 aromatic heterocycles. The van der Waals surface area contributed by atoms with Crippen molar-refractivity contribution in [2.75, 3.05) is 13.2 Å². The average Bonchev–Trinajstić information content (AvgIpc) is 2.25. The van der Waals surface area contributed by atoms with E-state index < -0.39 is 5.97 Å². The van der Waals surface area contributed by atoms with Gasteiger partial charge in [-0.2, -0.15) is 10.5 Å². The summed E-state index contributed by atoms with van der Waals surface area (Å²) in [6.45, 7) is 0.314. The first-order valence-electron chi connectivity index (χ1n) is 4.54. The van der Waals surface area contributed by atoms with Crippen molar-refractivity contribution in [2.45, 2.75) is 19.3 Å². The van der Waals surface area contributed by atoms with Gasteiger partial charge in [0.1, 0.15) is 11.6 Å². The molecule has 0 aliphatic carbocycles. The smallest absolute Gasteiger partial charge is 0.349 e. The van der Waals surface area contributed by atoms with Gasteiger partial charge in [-0.3, -0.25) is 0 Å². The third-order valence-electron chi connectivity index (χ3n) is 1.58. The lowest BCUT2D eigenvalue weighted by molar-refractivity contribution is -0.138. The van der Waals surface area contributed by atoms with Crippen molar-refractivity contribution in [3.63, 3.8) is 0 Å². The van der Waals surface area contributed by atoms with Crippen LogP contribution in [0.1, 0.15) is 19.3 Å². The van der Waals surface area contributed by atoms with Crippen LogP contribution < -0.4 is 0 Å². The maximum Gasteiger partial charge on any atom is 0.349 e. The molecule has 0 fully saturated rings. The van der Waals surface area contributed by atoms with E-state index in [0.717, 1.165) is 12.5 Å². The second kappa shape index (κ2) is 8.74. The van der Waals surface area contributed by atoms with Gasteiger partial charge in [0.2, 0.25) is 0 Å². The molecule has 0 heterocycles. The highest BCUT2D eigenvalue weighted by Gasteiger charge is 2.09. The maximum atomic E-state index is 11.1. The fourth-order valence-electron chi connectivity index (χ4n) is 0.835. The Balaban J connectivity index is 3.80. The minimum Gasteiger partial charge on any atom is -0.462 e. The Morgan fingerprint density at radius 1 is 1.33 bits per heavy atom. The van der Waals surface area contributed by atoms with Crippen LogP contribution >= 0.6 is 0 Å². The van der Waals surface area contributed by atoms with E-state index in [2.05, 4.69) is 0 Å². The van der Waals surface area contributed by atoms with E-state index in [9.17, 15) is 4.79 Å². The molecule has 5 nitrogen and oxygen atoms in total. The van der Waals surface area contributed by atoms with Gasteiger partial charge in [0, 0.05) is 12.7 Å². The zero-order valence-corrected chi connectivity index (χ0v) is 8.27. The number of esters is 1. The first kappa shape index (κ1) is 13.2. The Morgan fingerprint density at radius 3 is 2.60 bits per heavy atom. The summed E-state index contributed by atoms with van der Waals surface area (Å²) in [7, 11) is 0. The zero-order valence-electron chi connectivity index (χ0n) is 8.27. The van der Waals surface area contributed by atoms with Crippen LogP contribution in [0.4, 0.5) is 0 Å². The molecule has 0 saturated heterocycles. The van der Waals surface area contributed by atoms with E-state index in [4.69, 9.17) is 20.4 Å². The van der Waals surface area contributed by atoms with Gasteiger partial charge in [-0.1, -0.05) is 0 Å². The first-order valence-corrected chi connectivity index (χ1v) is 4.54. The van der Waals surface area contributed by atoms with E-state index in [0.29, 0.717) is 12.8 Å². The molecular formula is C10H12N2O3. The molecule has 0 rings (SSSR count). The molecule has 0 spiro atoms. The van der Waals surface area contributed by atoms with Crippen LogP contribution in [0.25, 0.3) is 0 Å². The number of hydrogen-bond donors (Lipinski definition) is 1. The molecule has 15 heavy (non-hydrogen) atoms. The van der Waals surface area contributed by atoms with E-state index in [1.165, 1.54) is 0 Å². The molecule has 0 amide bonds. The van der Waals surface area contributed by atoms with Gasteiger partial charge in [-0.15, -0.1) is 0 Å². The van der Waals surface area contributed by atoms with Crippen LogP contribution in [0.3, 0.4) is 0 Å². The largest absolute Gasteiger partial charge is 0.462 e. The standard InChI is InChI=1S/C10H12N2O3/c11-5-4-9(8-12)10(14)15-7-3-1-2-6-13/h4,13H,1-3,6-7H2/b9-4-. The first-order chi connectivity index (χ1) is 7.26. The fourth-order valence-corrected chi connectivity index (χ4v) is 0.835. The number of unbranched alkanes of at least 4 members (excludes halogenated alkanes) is 2. The molecule has 0 aliphatic rings. The lowest BCUT2D eigenvalue weighted by Gasteiger charge is -2.02. The van der Waals surface area contributed by atoms with Crippen LogP contribution in [-0.2, 0) is 9.53 Å². The molecule has 5 heteroatoms. The van der Waals surface area contributed by atoms with Crippen LogP contribution in [0.15, 0.2) is 11.6 Å². The van der Waals surface area contributed by atoms with Gasteiger partial charge in [-0.25, -0.2) is 4.79 Å². The summed E-state index contributed by atoms with van der Waals surface area (Å²) in [6.07, 6.45) is 2.91. The summed E-state index contributed by atoms with van der Waals surface area (Å²) < 4.78 is 4.73. The number of allylic oxidation sites excluding steroid dienone is 1. The number of carbonyl (C=O) groups is 1. The SMILES string of the molecule is N#C/C=C(/C#N)C(=O)OCCCCCO. The van der Waals surface area contributed by atoms with Crippen molar-refractivity contribution in [2.24, 2.45) is 0 Å². The van der Waals surface area contributed by atoms with Gasteiger partial charge in [0.25, 0.3) is 0 Å². The third kappa shape index (κ3) is 6.25. The van der Waals surface area contributed by atoms with E-state index in [1.807, 2.05) is 0 Å². The molecule has 1 N–H and O–H groups in total. The quantitative estimate of drug-likeness (QED) is 0.299. The second-order valence-electron chi connectivity index (χ2n) is 2.72. The predicted molar refractivity (Wildman–Crippen MR) is 51.2 cm³/mol. The Bertz CT molecular complexity index is 310. The van der Waals surface area contributed by atoms with Gasteiger partial charge < -0.3 is 9.84 Å². The number of hydrogen-bond acceptors (Lipinski definition) is 5. The number of carbonyl (C=O) groups excluding carboxylic acids is 1. The number of rotatable bonds is 6. The van der Waals surface area contributed by atoms with Crippen molar-refractivity contribution < 1.29 is 14.6 Å². The highest BCUT2D eigenvalue weighted by atomic mass is 16.5. The normalized spacial score (nSPS) is 10.2. The number of aliphatic hydroxyl groups is 1. The molecule has 0 aromatic carbocycles. The summed E-state index contributed by atoms with van der Waals surface area (Å²) in [6, 6.07) is 3.17. The van der Waals surface area contributed by atoms with Crippen LogP contribution in [-0.4, -0.2) is 24.3 Å². The topological polar surface area (TPSA) is 94.1 Å². The van der Waals surface area contributed by atoms with E-state index >= 15 is 0 Å². The minimum atomic E-state index is -0.775. The summed E-state index contributed by atoms with van der Waals surface area (Å²) in [5.41, 5.74) is -0.292. The van der Waals surface area contributed by atoms with Gasteiger partial charge in [-0.05, 0) is 19.3 Å². The van der Waals surface area contributed by atoms with Crippen molar-refractivity contribution in [3.05, 3.63) is 11.6 Å². The van der Waals surface area contributed by atoms with Gasteiger partial charge in [0.05, 0.1) is 12.7 Å². The lowest BCUT2D eigenvalue weighted by atomic mass is 10.2. The molecule has 0 atom stereocenters. The maximum absolute atomic E-state index is 11.1. The Kier molecular flexibility index (Phi) is 7.66. The van der Waals surface area contributed by atoms with Crippen molar-refractivity contribution in [1.82, 2.24) is 0 Å². The Labute approximate surface area is 88.2 Å². The molecule has 0 radical (unpaired) electrons. The Hall–Kier alpha value is -1.85. The molecule has 0 aromatic rings. The molecule has 0 bridgehead atoms. The highest BCUT2D eigenvalue weighted by molar-refractivity contribution is 5.93. The van der Waals surface area contributed by atoms with Crippen LogP contribution in [0, 0.1) is 22.7 Å². The number of aliphatic hydroxyl groups excluding tert-OH is 1. The van der Waals surface area contributed by atoms with Crippen molar-refractivity contribution in [3.8, 4) is 12.1 Å². The molecule has 0 unspecified atom stereocenters. The lowest BCUT2D eigenvalue weighted by Crippen LogP contribution is -2.08. The van der Waals surface area contributed by atoms with Gasteiger partial charge in [0.15, 0.2) is 0 Å². The minimum absolute atomic E-state index is 0.117. The average molecular weight is 208 g/mol. The van der Waals surface area contributed by atoms with Crippen molar-refractivity contribution >= 4 is 5.97 Å². The van der Waals surface area contributed by atoms with Crippen molar-refractivity contribution in [1.29, 1.82) is 10.5 Å². The van der Waals surface area contributed by atoms with Crippen LogP contribution in [0.2, 0.25) is 0 Å². The summed E-state index contributed by atoms with van der Waals surface area (Å²) in [4.78, 5) is 11.1. The van der Waals surface area contributed by atoms with Crippen LogP contribution in [0.5, 0.6) is 0 Å². The highest BCUT2D eigenvalue weighted by Crippen LogP contribution is 1.99. The number of nitrogens with zero attached hydrogens (tertiary/aromatic N) is 2. The predicted octanol–water partition coefficient (Wildman–Crippen LogP) is 0.666. The molecule has 80 valence electrons. The molecule has 0 aliphatic heterocycles. The summed E-state index contributed by atoms with van der Waals surface area (Å²) >= 11 is 0.